The molecular formula is C11H14Br2N2O2S2. The summed E-state index contributed by atoms with van der Waals surface area (Å²) in [5.41, 5.74) is 6.00. The molecule has 2 atom stereocenters. The van der Waals surface area contributed by atoms with Crippen molar-refractivity contribution in [1.82, 2.24) is 4.31 Å². The first-order chi connectivity index (χ1) is 8.89. The summed E-state index contributed by atoms with van der Waals surface area (Å²) in [6.07, 6.45) is 3.42. The third-order valence-corrected chi connectivity index (χ3v) is 8.64. The Balaban J connectivity index is 2.00. The molecule has 1 aromatic heterocycles. The molecule has 2 bridgehead atoms. The fraction of sp³-hybridized carbons (Fsp3) is 0.636. The summed E-state index contributed by atoms with van der Waals surface area (Å²) in [7, 11) is -3.42. The van der Waals surface area contributed by atoms with Crippen LogP contribution < -0.4 is 5.73 Å². The van der Waals surface area contributed by atoms with Gasteiger partial charge in [-0.3, -0.25) is 0 Å². The number of hydrogen-bond donors (Lipinski definition) is 1. The molecule has 8 heteroatoms. The number of fused-ring (bicyclic) bond motifs is 2. The van der Waals surface area contributed by atoms with Gasteiger partial charge in [-0.2, -0.15) is 4.31 Å². The van der Waals surface area contributed by atoms with E-state index in [2.05, 4.69) is 31.9 Å². The number of nitrogens with zero attached hydrogens (tertiary/aromatic N) is 1. The molecule has 2 unspecified atom stereocenters. The van der Waals surface area contributed by atoms with Crippen molar-refractivity contribution in [3.8, 4) is 0 Å². The Morgan fingerprint density at radius 1 is 1.26 bits per heavy atom. The van der Waals surface area contributed by atoms with Gasteiger partial charge in [0.1, 0.15) is 4.90 Å². The molecule has 2 aliphatic heterocycles. The molecule has 0 aromatic carbocycles. The lowest BCUT2D eigenvalue weighted by atomic mass is 10.0. The predicted molar refractivity (Wildman–Crippen MR) is 82.8 cm³/mol. The molecule has 3 heterocycles. The molecule has 0 saturated carbocycles. The summed E-state index contributed by atoms with van der Waals surface area (Å²) in [6, 6.07) is 1.97. The van der Waals surface area contributed by atoms with Crippen LogP contribution in [0, 0.1) is 0 Å². The van der Waals surface area contributed by atoms with Crippen molar-refractivity contribution in [2.45, 2.75) is 48.7 Å². The molecule has 0 amide bonds. The fourth-order valence-corrected chi connectivity index (χ4v) is 8.84. The van der Waals surface area contributed by atoms with Gasteiger partial charge in [-0.25, -0.2) is 8.42 Å². The average Bonchev–Trinajstić information content (AvgIpc) is 2.78. The van der Waals surface area contributed by atoms with E-state index in [0.29, 0.717) is 8.68 Å². The summed E-state index contributed by atoms with van der Waals surface area (Å²) in [5, 5.41) is 0. The molecule has 2 N–H and O–H groups in total. The van der Waals surface area contributed by atoms with E-state index in [1.807, 2.05) is 0 Å². The zero-order valence-electron chi connectivity index (χ0n) is 10.1. The van der Waals surface area contributed by atoms with Crippen molar-refractivity contribution in [2.75, 3.05) is 0 Å². The number of thiophene rings is 1. The largest absolute Gasteiger partial charge is 0.328 e. The standard InChI is InChI=1S/C11H14Br2N2O2S2/c12-10-5-9(11(13)18-10)19(16,17)15-7-1-2-8(15)4-6(14)3-7/h5-8H,1-4,14H2. The van der Waals surface area contributed by atoms with E-state index < -0.39 is 10.0 Å². The van der Waals surface area contributed by atoms with Crippen LogP contribution in [0.25, 0.3) is 0 Å². The van der Waals surface area contributed by atoms with Gasteiger partial charge < -0.3 is 5.73 Å². The van der Waals surface area contributed by atoms with Crippen LogP contribution in [0.15, 0.2) is 18.5 Å². The number of sulfonamides is 1. The van der Waals surface area contributed by atoms with Gasteiger partial charge in [-0.05, 0) is 63.6 Å². The molecule has 2 aliphatic rings. The van der Waals surface area contributed by atoms with E-state index in [9.17, 15) is 8.42 Å². The minimum Gasteiger partial charge on any atom is -0.328 e. The van der Waals surface area contributed by atoms with Gasteiger partial charge in [-0.15, -0.1) is 11.3 Å². The number of nitrogens with two attached hydrogens (primary N) is 1. The maximum Gasteiger partial charge on any atom is 0.245 e. The zero-order chi connectivity index (χ0) is 13.8. The summed E-state index contributed by atoms with van der Waals surface area (Å²) in [6.45, 7) is 0. The summed E-state index contributed by atoms with van der Waals surface area (Å²) in [4.78, 5) is 0.372. The lowest BCUT2D eigenvalue weighted by molar-refractivity contribution is 0.227. The maximum absolute atomic E-state index is 12.8. The number of hydrogen-bond acceptors (Lipinski definition) is 4. The van der Waals surface area contributed by atoms with E-state index in [0.717, 1.165) is 29.5 Å². The number of rotatable bonds is 2. The van der Waals surface area contributed by atoms with Crippen LogP contribution >= 0.6 is 43.2 Å². The van der Waals surface area contributed by atoms with Crippen molar-refractivity contribution < 1.29 is 8.42 Å². The Morgan fingerprint density at radius 2 is 1.84 bits per heavy atom. The Morgan fingerprint density at radius 3 is 2.32 bits per heavy atom. The highest BCUT2D eigenvalue weighted by Gasteiger charge is 2.47. The first-order valence-electron chi connectivity index (χ1n) is 6.13. The molecule has 3 rings (SSSR count). The Kier molecular flexibility index (Phi) is 3.86. The van der Waals surface area contributed by atoms with Crippen LogP contribution in [0.5, 0.6) is 0 Å². The van der Waals surface area contributed by atoms with Crippen LogP contribution in [-0.2, 0) is 10.0 Å². The minimum atomic E-state index is -3.42. The molecule has 0 aliphatic carbocycles. The van der Waals surface area contributed by atoms with Gasteiger partial charge in [0.15, 0.2) is 0 Å². The summed E-state index contributed by atoms with van der Waals surface area (Å²) >= 11 is 8.08. The maximum atomic E-state index is 12.8. The summed E-state index contributed by atoms with van der Waals surface area (Å²) in [5.74, 6) is 0. The van der Waals surface area contributed by atoms with Crippen molar-refractivity contribution in [3.63, 3.8) is 0 Å². The quantitative estimate of drug-likeness (QED) is 0.785. The molecule has 0 spiro atoms. The van der Waals surface area contributed by atoms with Crippen molar-refractivity contribution in [3.05, 3.63) is 13.6 Å². The smallest absolute Gasteiger partial charge is 0.245 e. The van der Waals surface area contributed by atoms with Gasteiger partial charge in [0.05, 0.1) is 7.57 Å². The van der Waals surface area contributed by atoms with E-state index in [1.54, 1.807) is 10.4 Å². The van der Waals surface area contributed by atoms with Crippen LogP contribution in [0.1, 0.15) is 25.7 Å². The van der Waals surface area contributed by atoms with Gasteiger partial charge in [0.25, 0.3) is 0 Å². The fourth-order valence-electron chi connectivity index (χ4n) is 3.18. The SMILES string of the molecule is NC1CC2CCC(C1)N2S(=O)(=O)c1cc(Br)sc1Br. The molecular weight excluding hydrogens is 416 g/mol. The third-order valence-electron chi connectivity index (χ3n) is 3.88. The van der Waals surface area contributed by atoms with Crippen LogP contribution in [0.2, 0.25) is 0 Å². The second-order valence-corrected chi connectivity index (χ2v) is 10.7. The van der Waals surface area contributed by atoms with Gasteiger partial charge >= 0.3 is 0 Å². The molecule has 2 fully saturated rings. The molecule has 1 aromatic rings. The highest BCUT2D eigenvalue weighted by Crippen LogP contribution is 2.43. The minimum absolute atomic E-state index is 0.0734. The second kappa shape index (κ2) is 5.06. The lowest BCUT2D eigenvalue weighted by Crippen LogP contribution is -2.49. The van der Waals surface area contributed by atoms with E-state index in [4.69, 9.17) is 5.73 Å². The van der Waals surface area contributed by atoms with Crippen molar-refractivity contribution in [2.24, 2.45) is 5.73 Å². The normalized spacial score (nSPS) is 31.8. The van der Waals surface area contributed by atoms with Gasteiger partial charge in [0, 0.05) is 18.1 Å². The van der Waals surface area contributed by atoms with Crippen molar-refractivity contribution in [1.29, 1.82) is 0 Å². The predicted octanol–water partition coefficient (Wildman–Crippen LogP) is 2.92. The van der Waals surface area contributed by atoms with E-state index in [1.165, 1.54) is 11.3 Å². The second-order valence-electron chi connectivity index (χ2n) is 5.14. The Bertz CT molecular complexity index is 588. The molecule has 4 nitrogen and oxygen atoms in total. The molecule has 106 valence electrons. The summed E-state index contributed by atoms with van der Waals surface area (Å²) < 4.78 is 28.8. The monoisotopic (exact) mass is 428 g/mol. The highest BCUT2D eigenvalue weighted by molar-refractivity contribution is 9.12. The zero-order valence-corrected chi connectivity index (χ0v) is 14.9. The Hall–Kier alpha value is 0.530. The molecule has 19 heavy (non-hydrogen) atoms. The van der Waals surface area contributed by atoms with Crippen molar-refractivity contribution >= 4 is 53.2 Å². The first kappa shape index (κ1) is 14.5. The first-order valence-corrected chi connectivity index (χ1v) is 9.98. The molecule has 0 radical (unpaired) electrons. The van der Waals surface area contributed by atoms with Crippen LogP contribution in [0.4, 0.5) is 0 Å². The average molecular weight is 430 g/mol. The van der Waals surface area contributed by atoms with Gasteiger partial charge in [0.2, 0.25) is 10.0 Å². The molecule has 2 saturated heterocycles. The Labute approximate surface area is 133 Å². The van der Waals surface area contributed by atoms with Crippen LogP contribution in [0.3, 0.4) is 0 Å². The topological polar surface area (TPSA) is 63.4 Å². The van der Waals surface area contributed by atoms with Crippen LogP contribution in [-0.4, -0.2) is 30.8 Å². The number of piperidine rings is 1. The lowest BCUT2D eigenvalue weighted by Gasteiger charge is -2.36. The van der Waals surface area contributed by atoms with E-state index >= 15 is 0 Å². The highest BCUT2D eigenvalue weighted by atomic mass is 79.9. The van der Waals surface area contributed by atoms with E-state index in [-0.39, 0.29) is 18.1 Å². The van der Waals surface area contributed by atoms with Gasteiger partial charge in [-0.1, -0.05) is 0 Å². The third kappa shape index (κ3) is 2.44. The number of halogens is 2.